The highest BCUT2D eigenvalue weighted by Gasteiger charge is 2.03. The molecule has 0 aromatic carbocycles. The van der Waals surface area contributed by atoms with Crippen molar-refractivity contribution in [3.05, 3.63) is 17.8 Å². The summed E-state index contributed by atoms with van der Waals surface area (Å²) in [6, 6.07) is 0. The molecule has 1 aromatic heterocycles. The first kappa shape index (κ1) is 13.2. The van der Waals surface area contributed by atoms with Gasteiger partial charge in [-0.2, -0.15) is 0 Å². The quantitative estimate of drug-likeness (QED) is 0.655. The second-order valence-electron chi connectivity index (χ2n) is 3.71. The van der Waals surface area contributed by atoms with Gasteiger partial charge in [0.1, 0.15) is 12.4 Å². The maximum Gasteiger partial charge on any atom is 0.194 e. The minimum absolute atomic E-state index is 0.525. The Kier molecular flexibility index (Phi) is 6.85. The average molecular weight is 226 g/mol. The fourth-order valence-electron chi connectivity index (χ4n) is 1.40. The van der Waals surface area contributed by atoms with Gasteiger partial charge in [0.2, 0.25) is 0 Å². The summed E-state index contributed by atoms with van der Waals surface area (Å²) in [6.45, 7) is 7.48. The van der Waals surface area contributed by atoms with Crippen LogP contribution in [0.4, 0.5) is 0 Å². The molecule has 0 aliphatic carbocycles. The standard InChI is InChI=1S/C12H22N2O2/c1-3-7-13-8-5-6-12-14-9-11(16-12)10-15-4-2/h9,13H,3-8,10H2,1-2H3. The molecule has 0 fully saturated rings. The highest BCUT2D eigenvalue weighted by atomic mass is 16.5. The van der Waals surface area contributed by atoms with Gasteiger partial charge in [0, 0.05) is 13.0 Å². The Bertz CT molecular complexity index is 274. The smallest absolute Gasteiger partial charge is 0.194 e. The maximum absolute atomic E-state index is 5.53. The van der Waals surface area contributed by atoms with Crippen molar-refractivity contribution in [2.75, 3.05) is 19.7 Å². The third-order valence-corrected chi connectivity index (χ3v) is 2.22. The molecule has 1 rings (SSSR count). The molecule has 4 nitrogen and oxygen atoms in total. The third kappa shape index (κ3) is 5.28. The van der Waals surface area contributed by atoms with Crippen molar-refractivity contribution >= 4 is 0 Å². The van der Waals surface area contributed by atoms with Crippen molar-refractivity contribution in [3.63, 3.8) is 0 Å². The minimum Gasteiger partial charge on any atom is -0.443 e. The Morgan fingerprint density at radius 3 is 3.00 bits per heavy atom. The van der Waals surface area contributed by atoms with Crippen molar-refractivity contribution < 1.29 is 9.15 Å². The van der Waals surface area contributed by atoms with Crippen LogP contribution in [0.15, 0.2) is 10.6 Å². The lowest BCUT2D eigenvalue weighted by Crippen LogP contribution is -2.16. The van der Waals surface area contributed by atoms with Crippen LogP contribution in [-0.2, 0) is 17.8 Å². The van der Waals surface area contributed by atoms with Gasteiger partial charge in [0.05, 0.1) is 6.20 Å². The number of hydrogen-bond acceptors (Lipinski definition) is 4. The molecule has 92 valence electrons. The molecule has 1 aromatic rings. The van der Waals surface area contributed by atoms with Crippen LogP contribution in [0.1, 0.15) is 38.3 Å². The van der Waals surface area contributed by atoms with E-state index in [4.69, 9.17) is 9.15 Å². The van der Waals surface area contributed by atoms with E-state index in [1.165, 1.54) is 6.42 Å². The van der Waals surface area contributed by atoms with Crippen LogP contribution in [0.25, 0.3) is 0 Å². The first-order chi connectivity index (χ1) is 7.86. The monoisotopic (exact) mass is 226 g/mol. The Hall–Kier alpha value is -0.870. The van der Waals surface area contributed by atoms with Crippen LogP contribution in [0.2, 0.25) is 0 Å². The molecule has 0 spiro atoms. The van der Waals surface area contributed by atoms with Crippen molar-refractivity contribution in [3.8, 4) is 0 Å². The summed E-state index contributed by atoms with van der Waals surface area (Å²) in [5.74, 6) is 1.63. The first-order valence-electron chi connectivity index (χ1n) is 6.08. The predicted molar refractivity (Wildman–Crippen MR) is 63.3 cm³/mol. The van der Waals surface area contributed by atoms with Crippen molar-refractivity contribution in [2.24, 2.45) is 0 Å². The lowest BCUT2D eigenvalue weighted by atomic mass is 10.3. The summed E-state index contributed by atoms with van der Waals surface area (Å²) in [4.78, 5) is 4.21. The highest BCUT2D eigenvalue weighted by Crippen LogP contribution is 2.06. The maximum atomic E-state index is 5.53. The topological polar surface area (TPSA) is 47.3 Å². The molecule has 1 N–H and O–H groups in total. The molecular weight excluding hydrogens is 204 g/mol. The summed E-state index contributed by atoms with van der Waals surface area (Å²) in [5, 5.41) is 3.35. The van der Waals surface area contributed by atoms with Crippen molar-refractivity contribution in [1.82, 2.24) is 10.3 Å². The summed E-state index contributed by atoms with van der Waals surface area (Å²) in [6.07, 6.45) is 4.89. The SMILES string of the molecule is CCCNCCCc1ncc(COCC)o1. The first-order valence-corrected chi connectivity index (χ1v) is 6.08. The molecule has 0 aliphatic rings. The lowest BCUT2D eigenvalue weighted by molar-refractivity contribution is 0.117. The zero-order chi connectivity index (χ0) is 11.6. The van der Waals surface area contributed by atoms with Gasteiger partial charge >= 0.3 is 0 Å². The number of nitrogens with one attached hydrogen (secondary N) is 1. The van der Waals surface area contributed by atoms with Gasteiger partial charge in [0.25, 0.3) is 0 Å². The van der Waals surface area contributed by atoms with Crippen LogP contribution in [0.5, 0.6) is 0 Å². The van der Waals surface area contributed by atoms with Gasteiger partial charge in [-0.05, 0) is 32.9 Å². The zero-order valence-electron chi connectivity index (χ0n) is 10.3. The molecule has 16 heavy (non-hydrogen) atoms. The van der Waals surface area contributed by atoms with E-state index >= 15 is 0 Å². The second kappa shape index (κ2) is 8.30. The molecule has 0 aliphatic heterocycles. The molecule has 0 radical (unpaired) electrons. The molecule has 0 saturated carbocycles. The summed E-state index contributed by atoms with van der Waals surface area (Å²) in [7, 11) is 0. The van der Waals surface area contributed by atoms with Crippen LogP contribution in [0, 0.1) is 0 Å². The van der Waals surface area contributed by atoms with Crippen molar-refractivity contribution in [1.29, 1.82) is 0 Å². The number of ether oxygens (including phenoxy) is 1. The minimum atomic E-state index is 0.525. The highest BCUT2D eigenvalue weighted by molar-refractivity contribution is 4.92. The van der Waals surface area contributed by atoms with E-state index in [0.29, 0.717) is 13.2 Å². The van der Waals surface area contributed by atoms with Gasteiger partial charge in [0.15, 0.2) is 5.89 Å². The predicted octanol–water partition coefficient (Wildman–Crippen LogP) is 2.14. The Morgan fingerprint density at radius 1 is 1.38 bits per heavy atom. The molecule has 1 heterocycles. The summed E-state index contributed by atoms with van der Waals surface area (Å²) < 4.78 is 10.8. The lowest BCUT2D eigenvalue weighted by Gasteiger charge is -2.00. The summed E-state index contributed by atoms with van der Waals surface area (Å²) in [5.41, 5.74) is 0. The molecular formula is C12H22N2O2. The third-order valence-electron chi connectivity index (χ3n) is 2.22. The molecule has 0 atom stereocenters. The zero-order valence-corrected chi connectivity index (χ0v) is 10.3. The number of oxazole rings is 1. The molecule has 4 heteroatoms. The van der Waals surface area contributed by atoms with E-state index in [2.05, 4.69) is 17.2 Å². The number of nitrogens with zero attached hydrogens (tertiary/aromatic N) is 1. The Morgan fingerprint density at radius 2 is 2.25 bits per heavy atom. The van der Waals surface area contributed by atoms with E-state index in [0.717, 1.165) is 37.6 Å². The van der Waals surface area contributed by atoms with Crippen LogP contribution >= 0.6 is 0 Å². The second-order valence-corrected chi connectivity index (χ2v) is 3.71. The average Bonchev–Trinajstić information content (AvgIpc) is 2.74. The van der Waals surface area contributed by atoms with Gasteiger partial charge < -0.3 is 14.5 Å². The van der Waals surface area contributed by atoms with Crippen LogP contribution in [-0.4, -0.2) is 24.7 Å². The van der Waals surface area contributed by atoms with E-state index in [1.807, 2.05) is 6.92 Å². The summed E-state index contributed by atoms with van der Waals surface area (Å²) >= 11 is 0. The number of rotatable bonds is 9. The number of hydrogen-bond donors (Lipinski definition) is 1. The Labute approximate surface area is 97.4 Å². The Balaban J connectivity index is 2.14. The van der Waals surface area contributed by atoms with Gasteiger partial charge in [-0.3, -0.25) is 0 Å². The number of aryl methyl sites for hydroxylation is 1. The molecule has 0 bridgehead atoms. The van der Waals surface area contributed by atoms with Crippen molar-refractivity contribution in [2.45, 2.75) is 39.7 Å². The normalized spacial score (nSPS) is 10.9. The van der Waals surface area contributed by atoms with E-state index < -0.39 is 0 Å². The molecule has 0 saturated heterocycles. The molecule has 0 unspecified atom stereocenters. The van der Waals surface area contributed by atoms with E-state index in [9.17, 15) is 0 Å². The fraction of sp³-hybridized carbons (Fsp3) is 0.750. The van der Waals surface area contributed by atoms with Crippen LogP contribution in [0.3, 0.4) is 0 Å². The van der Waals surface area contributed by atoms with Gasteiger partial charge in [-0.25, -0.2) is 4.98 Å². The number of aromatic nitrogens is 1. The van der Waals surface area contributed by atoms with Crippen LogP contribution < -0.4 is 5.32 Å². The van der Waals surface area contributed by atoms with Gasteiger partial charge in [-0.15, -0.1) is 0 Å². The van der Waals surface area contributed by atoms with E-state index in [-0.39, 0.29) is 0 Å². The van der Waals surface area contributed by atoms with E-state index in [1.54, 1.807) is 6.20 Å². The molecule has 0 amide bonds. The fourth-order valence-corrected chi connectivity index (χ4v) is 1.40. The van der Waals surface area contributed by atoms with Gasteiger partial charge in [-0.1, -0.05) is 6.92 Å². The largest absolute Gasteiger partial charge is 0.443 e.